The summed E-state index contributed by atoms with van der Waals surface area (Å²) in [4.78, 5) is 0. The van der Waals surface area contributed by atoms with Crippen LogP contribution in [-0.4, -0.2) is 0 Å². The minimum Gasteiger partial charge on any atom is -1.00 e. The van der Waals surface area contributed by atoms with Crippen LogP contribution >= 0.6 is 11.3 Å². The van der Waals surface area contributed by atoms with Crippen LogP contribution < -0.4 is 21.5 Å². The summed E-state index contributed by atoms with van der Waals surface area (Å²) in [5.41, 5.74) is 3.30. The van der Waals surface area contributed by atoms with Crippen LogP contribution in [0.2, 0.25) is 0 Å². The van der Waals surface area contributed by atoms with Gasteiger partial charge in [0.25, 0.3) is 0 Å². The van der Waals surface area contributed by atoms with Gasteiger partial charge < -0.3 is 17.0 Å². The molecule has 1 heterocycles. The van der Waals surface area contributed by atoms with E-state index in [2.05, 4.69) is 33.8 Å². The lowest BCUT2D eigenvalue weighted by molar-refractivity contribution is -0.590. The summed E-state index contributed by atoms with van der Waals surface area (Å²) >= 11 is 1.70. The number of benzene rings is 1. The van der Waals surface area contributed by atoms with Crippen molar-refractivity contribution >= 4 is 11.3 Å². The molecule has 0 aliphatic carbocycles. The highest BCUT2D eigenvalue weighted by Crippen LogP contribution is 1.99. The number of thiazole rings is 1. The predicted molar refractivity (Wildman–Crippen MR) is 45.9 cm³/mol. The Balaban J connectivity index is 0.000000720. The van der Waals surface area contributed by atoms with E-state index in [1.165, 1.54) is 5.69 Å². The van der Waals surface area contributed by atoms with Gasteiger partial charge in [-0.1, -0.05) is 29.5 Å². The Bertz CT molecular complexity index is 318. The van der Waals surface area contributed by atoms with Gasteiger partial charge in [0.15, 0.2) is 6.20 Å². The van der Waals surface area contributed by atoms with Crippen molar-refractivity contribution in [3.63, 3.8) is 0 Å². The Labute approximate surface area is 86.1 Å². The van der Waals surface area contributed by atoms with Crippen LogP contribution in [-0.2, 0) is 0 Å². The Morgan fingerprint density at radius 3 is 2.42 bits per heavy atom. The molecule has 1 nitrogen and oxygen atoms in total. The summed E-state index contributed by atoms with van der Waals surface area (Å²) in [5.74, 6) is 0. The molecular formula is C9H8BrNS. The Kier molecular flexibility index (Phi) is 3.44. The molecule has 0 unspecified atom stereocenters. The first-order valence-electron chi connectivity index (χ1n) is 3.46. The smallest absolute Gasteiger partial charge is 0.230 e. The first kappa shape index (κ1) is 9.42. The van der Waals surface area contributed by atoms with Gasteiger partial charge in [0, 0.05) is 12.1 Å². The van der Waals surface area contributed by atoms with E-state index < -0.39 is 0 Å². The van der Waals surface area contributed by atoms with Crippen LogP contribution in [0.1, 0.15) is 0 Å². The molecule has 1 aromatic carbocycles. The molecule has 1 aromatic heterocycles. The molecule has 0 atom stereocenters. The zero-order valence-electron chi connectivity index (χ0n) is 6.35. The maximum absolute atomic E-state index is 2.10. The maximum Gasteiger partial charge on any atom is 0.230 e. The zero-order chi connectivity index (χ0) is 7.52. The van der Waals surface area contributed by atoms with Gasteiger partial charge in [-0.3, -0.25) is 0 Å². The van der Waals surface area contributed by atoms with Gasteiger partial charge >= 0.3 is 0 Å². The third-order valence-electron chi connectivity index (χ3n) is 1.53. The number of aromatic nitrogens is 1. The zero-order valence-corrected chi connectivity index (χ0v) is 8.75. The largest absolute Gasteiger partial charge is 1.00 e. The fourth-order valence-electron chi connectivity index (χ4n) is 0.984. The van der Waals surface area contributed by atoms with Gasteiger partial charge in [-0.25, -0.2) is 0 Å². The molecule has 0 N–H and O–H groups in total. The summed E-state index contributed by atoms with van der Waals surface area (Å²) < 4.78 is 2.10. The van der Waals surface area contributed by atoms with E-state index in [0.717, 1.165) is 0 Å². The topological polar surface area (TPSA) is 3.88 Å². The second-order valence-electron chi connectivity index (χ2n) is 2.27. The molecular weight excluding hydrogens is 234 g/mol. The van der Waals surface area contributed by atoms with Gasteiger partial charge in [-0.05, 0) is 0 Å². The number of rotatable bonds is 1. The maximum atomic E-state index is 2.10. The van der Waals surface area contributed by atoms with Gasteiger partial charge in [0.2, 0.25) is 11.2 Å². The molecule has 12 heavy (non-hydrogen) atoms. The third kappa shape index (κ3) is 1.93. The summed E-state index contributed by atoms with van der Waals surface area (Å²) in [6.07, 6.45) is 2.06. The second-order valence-corrected chi connectivity index (χ2v) is 3.02. The highest BCUT2D eigenvalue weighted by atomic mass is 79.9. The first-order chi connectivity index (χ1) is 5.47. The van der Waals surface area contributed by atoms with E-state index in [1.54, 1.807) is 11.3 Å². The molecule has 2 aromatic rings. The van der Waals surface area contributed by atoms with Gasteiger partial charge in [-0.15, -0.1) is 0 Å². The molecule has 62 valence electrons. The van der Waals surface area contributed by atoms with Crippen molar-refractivity contribution in [3.8, 4) is 5.69 Å². The third-order valence-corrected chi connectivity index (χ3v) is 2.16. The standard InChI is InChI=1S/C9H8NS.BrH/c1-2-4-9(5-3-1)10-6-7-11-8-10;/h1-8H;1H/q+1;/p-1. The van der Waals surface area contributed by atoms with Crippen molar-refractivity contribution < 1.29 is 21.5 Å². The number of nitrogens with zero attached hydrogens (tertiary/aromatic N) is 1. The first-order valence-corrected chi connectivity index (χ1v) is 4.40. The molecule has 0 saturated carbocycles. The Hall–Kier alpha value is -0.670. The van der Waals surface area contributed by atoms with Crippen molar-refractivity contribution in [3.05, 3.63) is 47.4 Å². The van der Waals surface area contributed by atoms with Crippen LogP contribution in [0.3, 0.4) is 0 Å². The van der Waals surface area contributed by atoms with Gasteiger partial charge in [0.05, 0.1) is 5.38 Å². The summed E-state index contributed by atoms with van der Waals surface area (Å²) in [6.45, 7) is 0. The summed E-state index contributed by atoms with van der Waals surface area (Å²) in [6, 6.07) is 10.3. The van der Waals surface area contributed by atoms with E-state index in [1.807, 2.05) is 18.2 Å². The highest BCUT2D eigenvalue weighted by Gasteiger charge is 2.01. The molecule has 0 radical (unpaired) electrons. The van der Waals surface area contributed by atoms with E-state index >= 15 is 0 Å². The Morgan fingerprint density at radius 1 is 1.08 bits per heavy atom. The average molecular weight is 242 g/mol. The van der Waals surface area contributed by atoms with Crippen LogP contribution in [0.5, 0.6) is 0 Å². The normalized spacial score (nSPS) is 9.00. The fourth-order valence-corrected chi connectivity index (χ4v) is 1.58. The van der Waals surface area contributed by atoms with Crippen LogP contribution in [0.4, 0.5) is 0 Å². The number of hydrogen-bond acceptors (Lipinski definition) is 1. The Morgan fingerprint density at radius 2 is 1.83 bits per heavy atom. The molecule has 0 aliphatic rings. The highest BCUT2D eigenvalue weighted by molar-refractivity contribution is 7.07. The van der Waals surface area contributed by atoms with Crippen LogP contribution in [0.15, 0.2) is 47.4 Å². The summed E-state index contributed by atoms with van der Waals surface area (Å²) in [7, 11) is 0. The van der Waals surface area contributed by atoms with Crippen molar-refractivity contribution in [1.82, 2.24) is 0 Å². The number of halogens is 1. The van der Waals surface area contributed by atoms with Crippen LogP contribution in [0.25, 0.3) is 5.69 Å². The minimum absolute atomic E-state index is 0. The van der Waals surface area contributed by atoms with Gasteiger partial charge in [0.1, 0.15) is 0 Å². The van der Waals surface area contributed by atoms with E-state index in [4.69, 9.17) is 0 Å². The lowest BCUT2D eigenvalue weighted by Gasteiger charge is -1.87. The quantitative estimate of drug-likeness (QED) is 0.566. The van der Waals surface area contributed by atoms with Crippen molar-refractivity contribution in [1.29, 1.82) is 0 Å². The lowest BCUT2D eigenvalue weighted by Crippen LogP contribution is -3.00. The molecule has 0 amide bonds. The van der Waals surface area contributed by atoms with Crippen molar-refractivity contribution in [2.75, 3.05) is 0 Å². The average Bonchev–Trinajstić information content (AvgIpc) is 2.58. The van der Waals surface area contributed by atoms with Crippen LogP contribution in [0, 0.1) is 0 Å². The van der Waals surface area contributed by atoms with E-state index in [9.17, 15) is 0 Å². The van der Waals surface area contributed by atoms with Crippen molar-refractivity contribution in [2.45, 2.75) is 0 Å². The fraction of sp³-hybridized carbons (Fsp3) is 0. The van der Waals surface area contributed by atoms with E-state index in [-0.39, 0.29) is 17.0 Å². The minimum atomic E-state index is 0. The molecule has 0 bridgehead atoms. The molecule has 0 fully saturated rings. The monoisotopic (exact) mass is 241 g/mol. The van der Waals surface area contributed by atoms with Crippen molar-refractivity contribution in [2.24, 2.45) is 0 Å². The second kappa shape index (κ2) is 4.38. The molecule has 0 saturated heterocycles. The number of para-hydroxylation sites is 1. The predicted octanol–water partition coefficient (Wildman–Crippen LogP) is -0.971. The molecule has 3 heteroatoms. The molecule has 0 aliphatic heterocycles. The summed E-state index contributed by atoms with van der Waals surface area (Å²) in [5, 5.41) is 2.06. The number of hydrogen-bond donors (Lipinski definition) is 0. The SMILES string of the molecule is [Br-].c1ccc(-[n+]2ccsc2)cc1. The molecule has 2 rings (SSSR count). The lowest BCUT2D eigenvalue weighted by atomic mass is 10.3. The molecule has 0 spiro atoms. The van der Waals surface area contributed by atoms with Gasteiger partial charge in [-0.2, -0.15) is 4.57 Å². The van der Waals surface area contributed by atoms with E-state index in [0.29, 0.717) is 0 Å².